The van der Waals surface area contributed by atoms with Crippen LogP contribution in [0.3, 0.4) is 0 Å². The van der Waals surface area contributed by atoms with Crippen molar-refractivity contribution >= 4 is 41.7 Å². The zero-order valence-electron chi connectivity index (χ0n) is 10.0. The number of hydrogen-bond donors (Lipinski definition) is 2. The molecule has 1 fully saturated rings. The molecule has 1 saturated carbocycles. The van der Waals surface area contributed by atoms with Gasteiger partial charge >= 0.3 is 0 Å². The number of aliphatic imine (C=N–C) groups is 1. The van der Waals surface area contributed by atoms with Crippen LogP contribution < -0.4 is 10.6 Å². The normalized spacial score (nSPS) is 23.2. The zero-order chi connectivity index (χ0) is 11.1. The Bertz CT molecular complexity index is 233. The van der Waals surface area contributed by atoms with E-state index in [-0.39, 0.29) is 24.0 Å². The fourth-order valence-corrected chi connectivity index (χ4v) is 1.88. The van der Waals surface area contributed by atoms with Crippen molar-refractivity contribution in [3.05, 3.63) is 12.7 Å². The molecule has 0 aromatic heterocycles. The van der Waals surface area contributed by atoms with Crippen LogP contribution in [0.1, 0.15) is 13.3 Å². The second kappa shape index (κ2) is 9.15. The summed E-state index contributed by atoms with van der Waals surface area (Å²) in [5.41, 5.74) is 0. The fraction of sp³-hybridized carbons (Fsp3) is 0.727. The predicted molar refractivity (Wildman–Crippen MR) is 85.0 cm³/mol. The minimum atomic E-state index is 0. The van der Waals surface area contributed by atoms with Crippen LogP contribution in [0.15, 0.2) is 17.6 Å². The summed E-state index contributed by atoms with van der Waals surface area (Å²) in [6, 6.07) is 0.636. The molecular formula is C11H22IN3S. The van der Waals surface area contributed by atoms with Crippen LogP contribution in [0.5, 0.6) is 0 Å². The van der Waals surface area contributed by atoms with Gasteiger partial charge in [0.1, 0.15) is 0 Å². The van der Waals surface area contributed by atoms with Crippen molar-refractivity contribution in [2.45, 2.75) is 19.4 Å². The van der Waals surface area contributed by atoms with E-state index < -0.39 is 0 Å². The molecule has 1 aliphatic carbocycles. The molecule has 0 amide bonds. The number of hydrogen-bond acceptors (Lipinski definition) is 2. The summed E-state index contributed by atoms with van der Waals surface area (Å²) in [5.74, 6) is 3.85. The molecule has 2 N–H and O–H groups in total. The molecule has 1 rings (SSSR count). The quantitative estimate of drug-likeness (QED) is 0.252. The van der Waals surface area contributed by atoms with Gasteiger partial charge in [-0.25, -0.2) is 0 Å². The van der Waals surface area contributed by atoms with Gasteiger partial charge in [-0.05, 0) is 12.3 Å². The molecule has 16 heavy (non-hydrogen) atoms. The number of thioether (sulfide) groups is 1. The SMILES string of the molecule is C=CCSCCNC(=NC)NC1CC1C.I. The van der Waals surface area contributed by atoms with Crippen LogP contribution in [0.2, 0.25) is 0 Å². The van der Waals surface area contributed by atoms with Crippen molar-refractivity contribution in [2.24, 2.45) is 10.9 Å². The Morgan fingerprint density at radius 3 is 2.81 bits per heavy atom. The molecule has 0 radical (unpaired) electrons. The molecule has 0 spiro atoms. The third kappa shape index (κ3) is 6.62. The third-order valence-electron chi connectivity index (χ3n) is 2.43. The number of nitrogens with one attached hydrogen (secondary N) is 2. The first-order valence-electron chi connectivity index (χ1n) is 5.43. The molecule has 0 aromatic rings. The topological polar surface area (TPSA) is 36.4 Å². The van der Waals surface area contributed by atoms with Crippen LogP contribution in [0.4, 0.5) is 0 Å². The monoisotopic (exact) mass is 355 g/mol. The van der Waals surface area contributed by atoms with Crippen LogP contribution in [-0.2, 0) is 0 Å². The van der Waals surface area contributed by atoms with Crippen LogP contribution in [-0.4, -0.2) is 37.1 Å². The van der Waals surface area contributed by atoms with E-state index in [0.717, 1.165) is 29.9 Å². The standard InChI is InChI=1S/C11H21N3S.HI/c1-4-6-15-7-5-13-11(12-3)14-10-8-9(10)2;/h4,9-10H,1,5-8H2,2-3H3,(H2,12,13,14);1H. The van der Waals surface area contributed by atoms with E-state index in [1.807, 2.05) is 24.9 Å². The summed E-state index contributed by atoms with van der Waals surface area (Å²) in [4.78, 5) is 4.19. The van der Waals surface area contributed by atoms with E-state index >= 15 is 0 Å². The van der Waals surface area contributed by atoms with Crippen molar-refractivity contribution in [1.82, 2.24) is 10.6 Å². The Kier molecular flexibility index (Phi) is 9.21. The van der Waals surface area contributed by atoms with E-state index in [1.165, 1.54) is 6.42 Å². The van der Waals surface area contributed by atoms with Crippen molar-refractivity contribution in [3.63, 3.8) is 0 Å². The molecule has 0 aliphatic heterocycles. The minimum Gasteiger partial charge on any atom is -0.356 e. The summed E-state index contributed by atoms with van der Waals surface area (Å²) < 4.78 is 0. The predicted octanol–water partition coefficient (Wildman–Crippen LogP) is 2.10. The molecule has 0 aromatic carbocycles. The first kappa shape index (κ1) is 16.1. The van der Waals surface area contributed by atoms with E-state index in [9.17, 15) is 0 Å². The number of rotatable bonds is 6. The van der Waals surface area contributed by atoms with Crippen molar-refractivity contribution in [1.29, 1.82) is 0 Å². The van der Waals surface area contributed by atoms with Crippen LogP contribution in [0, 0.1) is 5.92 Å². The summed E-state index contributed by atoms with van der Waals surface area (Å²) in [5, 5.41) is 6.69. The lowest BCUT2D eigenvalue weighted by molar-refractivity contribution is 0.775. The van der Waals surface area contributed by atoms with Gasteiger partial charge in [0.05, 0.1) is 0 Å². The second-order valence-corrected chi connectivity index (χ2v) is 4.98. The van der Waals surface area contributed by atoms with E-state index in [0.29, 0.717) is 6.04 Å². The Balaban J connectivity index is 0.00000225. The largest absolute Gasteiger partial charge is 0.356 e. The molecular weight excluding hydrogens is 333 g/mol. The maximum atomic E-state index is 4.19. The molecule has 0 bridgehead atoms. The summed E-state index contributed by atoms with van der Waals surface area (Å²) >= 11 is 1.88. The fourth-order valence-electron chi connectivity index (χ4n) is 1.30. The van der Waals surface area contributed by atoms with Crippen molar-refractivity contribution < 1.29 is 0 Å². The Hall–Kier alpha value is 0.0900. The van der Waals surface area contributed by atoms with Crippen molar-refractivity contribution in [3.8, 4) is 0 Å². The molecule has 1 aliphatic rings. The zero-order valence-corrected chi connectivity index (χ0v) is 13.2. The first-order valence-corrected chi connectivity index (χ1v) is 6.59. The highest BCUT2D eigenvalue weighted by Gasteiger charge is 2.32. The van der Waals surface area contributed by atoms with E-state index in [1.54, 1.807) is 0 Å². The van der Waals surface area contributed by atoms with Gasteiger partial charge in [-0.15, -0.1) is 30.6 Å². The highest BCUT2D eigenvalue weighted by atomic mass is 127. The van der Waals surface area contributed by atoms with Crippen LogP contribution >= 0.6 is 35.7 Å². The smallest absolute Gasteiger partial charge is 0.191 e. The highest BCUT2D eigenvalue weighted by molar-refractivity contribution is 14.0. The molecule has 94 valence electrons. The highest BCUT2D eigenvalue weighted by Crippen LogP contribution is 2.28. The average Bonchev–Trinajstić information content (AvgIpc) is 2.92. The van der Waals surface area contributed by atoms with Gasteiger partial charge in [0.2, 0.25) is 0 Å². The van der Waals surface area contributed by atoms with Gasteiger partial charge in [-0.3, -0.25) is 4.99 Å². The number of nitrogens with zero attached hydrogens (tertiary/aromatic N) is 1. The van der Waals surface area contributed by atoms with Gasteiger partial charge in [0.25, 0.3) is 0 Å². The lowest BCUT2D eigenvalue weighted by Gasteiger charge is -2.10. The van der Waals surface area contributed by atoms with E-state index in [2.05, 4.69) is 29.1 Å². The molecule has 0 heterocycles. The van der Waals surface area contributed by atoms with Gasteiger partial charge in [0.15, 0.2) is 5.96 Å². The molecule has 5 heteroatoms. The molecule has 2 atom stereocenters. The van der Waals surface area contributed by atoms with Gasteiger partial charge in [0, 0.05) is 31.1 Å². The first-order chi connectivity index (χ1) is 7.27. The molecule has 2 unspecified atom stereocenters. The maximum absolute atomic E-state index is 4.19. The van der Waals surface area contributed by atoms with Gasteiger partial charge in [-0.1, -0.05) is 13.0 Å². The minimum absolute atomic E-state index is 0. The summed E-state index contributed by atoms with van der Waals surface area (Å²) in [6.45, 7) is 6.90. The number of guanidine groups is 1. The molecule has 0 saturated heterocycles. The number of halogens is 1. The molecule has 3 nitrogen and oxygen atoms in total. The second-order valence-electron chi connectivity index (χ2n) is 3.83. The van der Waals surface area contributed by atoms with Crippen LogP contribution in [0.25, 0.3) is 0 Å². The Morgan fingerprint density at radius 2 is 2.31 bits per heavy atom. The Labute approximate surface area is 120 Å². The summed E-state index contributed by atoms with van der Waals surface area (Å²) in [7, 11) is 1.82. The van der Waals surface area contributed by atoms with Gasteiger partial charge in [-0.2, -0.15) is 11.8 Å². The van der Waals surface area contributed by atoms with Crippen molar-refractivity contribution in [2.75, 3.05) is 25.1 Å². The maximum Gasteiger partial charge on any atom is 0.191 e. The van der Waals surface area contributed by atoms with Gasteiger partial charge < -0.3 is 10.6 Å². The summed E-state index contributed by atoms with van der Waals surface area (Å²) in [6.07, 6.45) is 3.20. The lowest BCUT2D eigenvalue weighted by atomic mass is 10.5. The lowest BCUT2D eigenvalue weighted by Crippen LogP contribution is -2.40. The van der Waals surface area contributed by atoms with E-state index in [4.69, 9.17) is 0 Å². The Morgan fingerprint density at radius 1 is 1.62 bits per heavy atom. The third-order valence-corrected chi connectivity index (χ3v) is 3.39. The average molecular weight is 355 g/mol.